The van der Waals surface area contributed by atoms with Gasteiger partial charge in [-0.1, -0.05) is 33.4 Å². The molecule has 0 radical (unpaired) electrons. The van der Waals surface area contributed by atoms with Crippen LogP contribution in [0.15, 0.2) is 117 Å². The van der Waals surface area contributed by atoms with E-state index in [4.69, 9.17) is 0 Å². The Morgan fingerprint density at radius 3 is 1.85 bits per heavy atom. The van der Waals surface area contributed by atoms with Gasteiger partial charge in [0.15, 0.2) is 0 Å². The van der Waals surface area contributed by atoms with Crippen LogP contribution in [0.4, 0.5) is 13.2 Å². The van der Waals surface area contributed by atoms with Crippen LogP contribution in [0.2, 0.25) is 0 Å². The summed E-state index contributed by atoms with van der Waals surface area (Å²) in [6.45, 7) is 6.39. The van der Waals surface area contributed by atoms with Gasteiger partial charge in [-0.25, -0.2) is 0 Å². The minimum atomic E-state index is -4.61. The van der Waals surface area contributed by atoms with Gasteiger partial charge in [0.1, 0.15) is 5.57 Å². The number of aromatic nitrogens is 2. The van der Waals surface area contributed by atoms with Crippen LogP contribution in [0.3, 0.4) is 0 Å². The number of alkyl halides is 3. The van der Waals surface area contributed by atoms with Crippen molar-refractivity contribution < 1.29 is 22.3 Å². The zero-order valence-electron chi connectivity index (χ0n) is 27.8. The fraction of sp³-hybridized carbons (Fsp3) is 0.122. The quantitative estimate of drug-likeness (QED) is 0.160. The Kier molecular flexibility index (Phi) is 5.48. The third-order valence-electron chi connectivity index (χ3n) is 11.1. The summed E-state index contributed by atoms with van der Waals surface area (Å²) in [5, 5.41) is 10.0. The number of nitrogens with zero attached hydrogens (tertiary/aromatic N) is 4. The summed E-state index contributed by atoms with van der Waals surface area (Å²) in [4.78, 5) is 4.00. The molecule has 12 heterocycles. The van der Waals surface area contributed by atoms with E-state index in [1.165, 1.54) is 17.4 Å². The molecule has 0 fully saturated rings. The minimum absolute atomic E-state index is 0.209. The lowest BCUT2D eigenvalue weighted by Crippen LogP contribution is -2.71. The van der Waals surface area contributed by atoms with Gasteiger partial charge in [0.05, 0.1) is 44.4 Å². The van der Waals surface area contributed by atoms with Crippen LogP contribution in [-0.2, 0) is 5.91 Å². The molecule has 0 aromatic carbocycles. The molecule has 1 spiro atoms. The first kappa shape index (κ1) is 29.7. The average Bonchev–Trinajstić information content (AvgIpc) is 3.96. The van der Waals surface area contributed by atoms with Crippen LogP contribution < -0.4 is 10.7 Å². The van der Waals surface area contributed by atoms with Crippen LogP contribution in [-0.4, -0.2) is 35.9 Å². The highest BCUT2D eigenvalue weighted by molar-refractivity contribution is 7.12. The first-order valence-electron chi connectivity index (χ1n) is 16.9. The predicted octanol–water partition coefficient (Wildman–Crippen LogP) is 8.61. The molecule has 6 aromatic rings. The fourth-order valence-electron chi connectivity index (χ4n) is 9.53. The van der Waals surface area contributed by atoms with Gasteiger partial charge >= 0.3 is 12.1 Å². The molecule has 6 aliphatic rings. The van der Waals surface area contributed by atoms with Gasteiger partial charge in [-0.2, -0.15) is 22.3 Å². The maximum absolute atomic E-state index is 15.8. The number of rotatable bonds is 4. The number of thiophene rings is 4. The summed E-state index contributed by atoms with van der Waals surface area (Å²) in [5.41, 5.74) is 10.9. The number of hydrogen-bond acceptors (Lipinski definition) is 4. The molecular formula is C41H25F3N4S4+2. The van der Waals surface area contributed by atoms with Crippen LogP contribution >= 0.6 is 45.3 Å². The number of hydrogen-bond donors (Lipinski definition) is 0. The lowest BCUT2D eigenvalue weighted by molar-refractivity contribution is -0.834. The smallest absolute Gasteiger partial charge is 0.198 e. The predicted molar refractivity (Wildman–Crippen MR) is 204 cm³/mol. The molecule has 1 unspecified atom stereocenters. The third-order valence-corrected chi connectivity index (χ3v) is 14.7. The van der Waals surface area contributed by atoms with Crippen molar-refractivity contribution in [2.75, 3.05) is 0 Å². The zero-order chi connectivity index (χ0) is 35.0. The monoisotopic (exact) mass is 758 g/mol. The first-order valence-corrected chi connectivity index (χ1v) is 20.4. The first-order chi connectivity index (χ1) is 25.2. The van der Waals surface area contributed by atoms with Crippen molar-refractivity contribution in [2.45, 2.75) is 32.9 Å². The number of halogens is 3. The highest BCUT2D eigenvalue weighted by Gasteiger charge is 2.75. The second kappa shape index (κ2) is 9.59. The molecule has 4 nitrogen and oxygen atoms in total. The van der Waals surface area contributed by atoms with E-state index in [0.717, 1.165) is 86.4 Å². The van der Waals surface area contributed by atoms with Gasteiger partial charge in [0, 0.05) is 37.2 Å². The van der Waals surface area contributed by atoms with E-state index in [9.17, 15) is 0 Å². The van der Waals surface area contributed by atoms with Crippen molar-refractivity contribution in [3.05, 3.63) is 170 Å². The van der Waals surface area contributed by atoms with E-state index in [1.807, 2.05) is 35.0 Å². The molecule has 6 aliphatic heterocycles. The molecular weight excluding hydrogens is 734 g/mol. The van der Waals surface area contributed by atoms with Gasteiger partial charge < -0.3 is 0 Å². The minimum Gasteiger partial charge on any atom is -0.198 e. The van der Waals surface area contributed by atoms with E-state index in [-0.39, 0.29) is 5.71 Å². The molecule has 12 rings (SSSR count). The molecule has 11 heteroatoms. The van der Waals surface area contributed by atoms with Crippen LogP contribution in [0.1, 0.15) is 48.9 Å². The molecule has 0 bridgehead atoms. The van der Waals surface area contributed by atoms with Gasteiger partial charge in [-0.05, 0) is 89.8 Å². The third kappa shape index (κ3) is 3.23. The van der Waals surface area contributed by atoms with E-state index in [1.54, 1.807) is 34.0 Å². The summed E-state index contributed by atoms with van der Waals surface area (Å²) in [5.74, 6) is -1.26. The summed E-state index contributed by atoms with van der Waals surface area (Å²) in [7, 11) is 0. The molecule has 0 N–H and O–H groups in total. The van der Waals surface area contributed by atoms with Crippen molar-refractivity contribution in [2.24, 2.45) is 0 Å². The Balaban J connectivity index is 1.42. The van der Waals surface area contributed by atoms with E-state index < -0.39 is 17.7 Å². The normalized spacial score (nSPS) is 20.8. The van der Waals surface area contributed by atoms with Gasteiger partial charge in [0.2, 0.25) is 22.8 Å². The van der Waals surface area contributed by atoms with Crippen LogP contribution in [0, 0.1) is 13.8 Å². The van der Waals surface area contributed by atoms with E-state index in [2.05, 4.69) is 92.3 Å². The standard InChI is InChI=1S/C41H25F3N4S4/c1-20-16-24-33(29-9-5-13-50-29)37-22(3)18-26-35(31-11-7-15-52-31)39-23(40(42,43)44)19-27-34(30-10-6-14-51-30)38-21(2)17-25-32(28-8-4-12-49-28)36(20)45(24)41(46(25)38,47(26)37)48(27)39/h4-19H,1-3H3/q+2. The second-order valence-corrected chi connectivity index (χ2v) is 17.6. The molecule has 1 atom stereocenters. The lowest BCUT2D eigenvalue weighted by Gasteiger charge is -2.41. The lowest BCUT2D eigenvalue weighted by atomic mass is 9.96. The summed E-state index contributed by atoms with van der Waals surface area (Å²) in [6.07, 6.45) is -0.900. The van der Waals surface area contributed by atoms with Crippen LogP contribution in [0.25, 0.3) is 22.3 Å². The zero-order valence-corrected chi connectivity index (χ0v) is 31.1. The van der Waals surface area contributed by atoms with Gasteiger partial charge in [-0.15, -0.1) is 45.3 Å². The Labute approximate surface area is 311 Å². The van der Waals surface area contributed by atoms with Crippen LogP contribution in [0.5, 0.6) is 0 Å². The fourth-order valence-corrected chi connectivity index (χ4v) is 12.6. The maximum atomic E-state index is 15.8. The topological polar surface area (TPSA) is 15.9 Å². The Morgan fingerprint density at radius 1 is 0.654 bits per heavy atom. The van der Waals surface area contributed by atoms with Crippen molar-refractivity contribution in [3.63, 3.8) is 0 Å². The van der Waals surface area contributed by atoms with Crippen molar-refractivity contribution in [1.82, 2.24) is 9.13 Å². The van der Waals surface area contributed by atoms with E-state index in [0.29, 0.717) is 11.3 Å². The van der Waals surface area contributed by atoms with Gasteiger partial charge in [-0.3, -0.25) is 0 Å². The molecule has 0 aliphatic carbocycles. The molecule has 6 aromatic heterocycles. The molecule has 0 saturated carbocycles. The van der Waals surface area contributed by atoms with Gasteiger partial charge in [0.25, 0.3) is 0 Å². The van der Waals surface area contributed by atoms with Crippen molar-refractivity contribution in [1.29, 1.82) is 0 Å². The maximum Gasteiger partial charge on any atom is 0.554 e. The molecule has 252 valence electrons. The van der Waals surface area contributed by atoms with E-state index >= 15 is 13.2 Å². The SMILES string of the molecule is CC1=CC2=[N+]3C1=C(c1cccs1)c1cc(C)c4n1C31n3c(cc(C)c3=C2c2cccs2)=C(c2cccs2)C2=[N+]1C(=C4c1cccs1)C=C2C(F)(F)F. The Hall–Kier alpha value is -4.81. The van der Waals surface area contributed by atoms with Crippen molar-refractivity contribution in [3.8, 4) is 0 Å². The Morgan fingerprint density at radius 2 is 1.25 bits per heavy atom. The summed E-state index contributed by atoms with van der Waals surface area (Å²) >= 11 is 6.44. The highest BCUT2D eigenvalue weighted by atomic mass is 32.1. The summed E-state index contributed by atoms with van der Waals surface area (Å²) in [6, 6.07) is 20.8. The molecule has 0 amide bonds. The number of aryl methyl sites for hydroxylation is 2. The largest absolute Gasteiger partial charge is 0.554 e. The highest BCUT2D eigenvalue weighted by Crippen LogP contribution is 2.57. The average molecular weight is 759 g/mol. The summed E-state index contributed by atoms with van der Waals surface area (Å²) < 4.78 is 56.7. The van der Waals surface area contributed by atoms with Crippen molar-refractivity contribution >= 4 is 79.1 Å². The second-order valence-electron chi connectivity index (χ2n) is 13.8. The molecule has 52 heavy (non-hydrogen) atoms. The Bertz CT molecular complexity index is 2980. The number of allylic oxidation sites excluding steroid dienone is 4. The molecule has 0 saturated heterocycles.